The number of rotatable bonds is 6. The number of pyridine rings is 2. The van der Waals surface area contributed by atoms with E-state index in [2.05, 4.69) is 9.97 Å². The second-order valence-electron chi connectivity index (χ2n) is 5.59. The normalized spacial score (nSPS) is 10.7. The molecule has 0 bridgehead atoms. The monoisotopic (exact) mass is 372 g/mol. The number of aromatic hydroxyl groups is 1. The van der Waals surface area contributed by atoms with Crippen molar-refractivity contribution >= 4 is 28.3 Å². The molecule has 134 valence electrons. The van der Waals surface area contributed by atoms with E-state index in [1.54, 1.807) is 42.7 Å². The van der Waals surface area contributed by atoms with E-state index >= 15 is 0 Å². The van der Waals surface area contributed by atoms with Gasteiger partial charge in [-0.05, 0) is 36.8 Å². The quantitative estimate of drug-likeness (QED) is 0.382. The van der Waals surface area contributed by atoms with Crippen LogP contribution in [-0.4, -0.2) is 27.7 Å². The molecule has 0 aliphatic carbocycles. The Hall–Kier alpha value is -2.86. The number of fused-ring (bicyclic) bond motifs is 1. The number of esters is 1. The molecule has 0 aliphatic rings. The zero-order chi connectivity index (χ0) is 18.5. The second kappa shape index (κ2) is 8.01. The molecule has 2 heterocycles. The molecule has 0 amide bonds. The van der Waals surface area contributed by atoms with Crippen molar-refractivity contribution in [3.8, 4) is 17.2 Å². The van der Waals surface area contributed by atoms with Gasteiger partial charge in [0.2, 0.25) is 0 Å². The minimum absolute atomic E-state index is 0.105. The van der Waals surface area contributed by atoms with Crippen LogP contribution in [0.25, 0.3) is 10.8 Å². The van der Waals surface area contributed by atoms with E-state index < -0.39 is 5.97 Å². The van der Waals surface area contributed by atoms with Gasteiger partial charge in [-0.2, -0.15) is 0 Å². The molecule has 0 fully saturated rings. The first kappa shape index (κ1) is 17.9. The number of ether oxygens (including phenoxy) is 2. The topological polar surface area (TPSA) is 81.5 Å². The number of halogens is 1. The molecule has 7 heteroatoms. The highest BCUT2D eigenvalue weighted by molar-refractivity contribution is 6.34. The maximum atomic E-state index is 12.2. The van der Waals surface area contributed by atoms with Gasteiger partial charge >= 0.3 is 5.97 Å². The summed E-state index contributed by atoms with van der Waals surface area (Å²) in [6, 6.07) is 8.46. The summed E-state index contributed by atoms with van der Waals surface area (Å²) in [7, 11) is 0. The average molecular weight is 373 g/mol. The van der Waals surface area contributed by atoms with Gasteiger partial charge in [-0.25, -0.2) is 9.78 Å². The zero-order valence-electron chi connectivity index (χ0n) is 14.1. The maximum Gasteiger partial charge on any atom is 0.360 e. The largest absolute Gasteiger partial charge is 0.505 e. The molecule has 3 aromatic rings. The van der Waals surface area contributed by atoms with Crippen molar-refractivity contribution in [3.05, 3.63) is 53.6 Å². The Labute approximate surface area is 155 Å². The fourth-order valence-electron chi connectivity index (χ4n) is 2.36. The first-order valence-electron chi connectivity index (χ1n) is 8.17. The van der Waals surface area contributed by atoms with Crippen LogP contribution in [0.2, 0.25) is 5.15 Å². The van der Waals surface area contributed by atoms with E-state index in [0.717, 1.165) is 12.8 Å². The number of aromatic nitrogens is 2. The number of benzene rings is 1. The summed E-state index contributed by atoms with van der Waals surface area (Å²) >= 11 is 6.17. The van der Waals surface area contributed by atoms with Crippen LogP contribution in [0.5, 0.6) is 17.2 Å². The zero-order valence-corrected chi connectivity index (χ0v) is 14.9. The van der Waals surface area contributed by atoms with E-state index in [1.807, 2.05) is 6.92 Å². The molecule has 0 atom stereocenters. The van der Waals surface area contributed by atoms with Crippen LogP contribution in [0.4, 0.5) is 0 Å². The summed E-state index contributed by atoms with van der Waals surface area (Å²) in [5, 5.41) is 11.5. The first-order valence-corrected chi connectivity index (χ1v) is 8.55. The molecule has 0 spiro atoms. The molecule has 0 radical (unpaired) electrons. The third-order valence-corrected chi connectivity index (χ3v) is 3.99. The lowest BCUT2D eigenvalue weighted by molar-refractivity contribution is 0.0489. The predicted octanol–water partition coefficient (Wildman–Crippen LogP) is 4.74. The van der Waals surface area contributed by atoms with Crippen LogP contribution >= 0.6 is 11.6 Å². The average Bonchev–Trinajstić information content (AvgIpc) is 2.65. The summed E-state index contributed by atoms with van der Waals surface area (Å²) < 4.78 is 10.8. The van der Waals surface area contributed by atoms with Crippen molar-refractivity contribution in [2.45, 2.75) is 19.8 Å². The lowest BCUT2D eigenvalue weighted by Gasteiger charge is -2.11. The molecular weight excluding hydrogens is 356 g/mol. The van der Waals surface area contributed by atoms with Gasteiger partial charge in [-0.15, -0.1) is 0 Å². The molecule has 1 N–H and O–H groups in total. The Morgan fingerprint density at radius 2 is 2.08 bits per heavy atom. The molecular formula is C19H17ClN2O4. The van der Waals surface area contributed by atoms with Crippen molar-refractivity contribution in [2.24, 2.45) is 0 Å². The van der Waals surface area contributed by atoms with Crippen LogP contribution < -0.4 is 4.74 Å². The Kier molecular flexibility index (Phi) is 5.53. The van der Waals surface area contributed by atoms with Crippen LogP contribution in [0.1, 0.15) is 30.3 Å². The Morgan fingerprint density at radius 3 is 2.81 bits per heavy atom. The Balaban J connectivity index is 1.96. The number of carbonyl (C=O) groups is 1. The Bertz CT molecular complexity index is 932. The number of hydrogen-bond acceptors (Lipinski definition) is 6. The van der Waals surface area contributed by atoms with Crippen molar-refractivity contribution in [1.82, 2.24) is 9.97 Å². The molecule has 0 unspecified atom stereocenters. The molecule has 1 aromatic carbocycles. The van der Waals surface area contributed by atoms with Crippen LogP contribution in [-0.2, 0) is 4.74 Å². The Morgan fingerprint density at radius 1 is 1.23 bits per heavy atom. The number of carbonyl (C=O) groups excluding carboxylic acids is 1. The molecule has 0 saturated carbocycles. The standard InChI is InChI=1S/C19H17ClN2O4/c1-2-3-9-25-19(24)16-17(23)15-10-12(6-7-14(15)18(20)22-16)26-13-5-4-8-21-11-13/h4-8,10-11,23H,2-3,9H2,1H3. The van der Waals surface area contributed by atoms with E-state index in [9.17, 15) is 9.90 Å². The molecule has 3 rings (SSSR count). The van der Waals surface area contributed by atoms with Crippen molar-refractivity contribution in [2.75, 3.05) is 6.61 Å². The van der Waals surface area contributed by atoms with E-state index in [4.69, 9.17) is 21.1 Å². The lowest BCUT2D eigenvalue weighted by Crippen LogP contribution is -2.09. The highest BCUT2D eigenvalue weighted by atomic mass is 35.5. The third-order valence-electron chi connectivity index (χ3n) is 3.70. The summed E-state index contributed by atoms with van der Waals surface area (Å²) in [6.45, 7) is 2.25. The second-order valence-corrected chi connectivity index (χ2v) is 5.95. The molecule has 2 aromatic heterocycles. The number of nitrogens with zero attached hydrogens (tertiary/aromatic N) is 2. The van der Waals surface area contributed by atoms with Gasteiger partial charge in [-0.3, -0.25) is 4.98 Å². The lowest BCUT2D eigenvalue weighted by atomic mass is 10.1. The molecule has 26 heavy (non-hydrogen) atoms. The number of hydrogen-bond donors (Lipinski definition) is 1. The van der Waals surface area contributed by atoms with E-state index in [1.165, 1.54) is 0 Å². The van der Waals surface area contributed by atoms with Gasteiger partial charge < -0.3 is 14.6 Å². The van der Waals surface area contributed by atoms with Gasteiger partial charge in [0.25, 0.3) is 0 Å². The van der Waals surface area contributed by atoms with Gasteiger partial charge in [-0.1, -0.05) is 24.9 Å². The summed E-state index contributed by atoms with van der Waals surface area (Å²) in [5.74, 6) is 0.0138. The third kappa shape index (κ3) is 3.86. The SMILES string of the molecule is CCCCOC(=O)c1nc(Cl)c2ccc(Oc3cccnc3)cc2c1O. The van der Waals surface area contributed by atoms with Gasteiger partial charge in [0, 0.05) is 17.0 Å². The van der Waals surface area contributed by atoms with Gasteiger partial charge in [0.05, 0.1) is 12.8 Å². The van der Waals surface area contributed by atoms with Crippen molar-refractivity contribution in [1.29, 1.82) is 0 Å². The highest BCUT2D eigenvalue weighted by Gasteiger charge is 2.20. The summed E-state index contributed by atoms with van der Waals surface area (Å²) in [5.41, 5.74) is -0.211. The minimum Gasteiger partial charge on any atom is -0.505 e. The fraction of sp³-hybridized carbons (Fsp3) is 0.211. The van der Waals surface area contributed by atoms with Gasteiger partial charge in [0.15, 0.2) is 11.4 Å². The fourth-order valence-corrected chi connectivity index (χ4v) is 2.61. The minimum atomic E-state index is -0.710. The predicted molar refractivity (Wildman–Crippen MR) is 97.9 cm³/mol. The van der Waals surface area contributed by atoms with Crippen LogP contribution in [0.15, 0.2) is 42.7 Å². The first-order chi connectivity index (χ1) is 12.6. The maximum absolute atomic E-state index is 12.2. The number of unbranched alkanes of at least 4 members (excludes halogenated alkanes) is 1. The van der Waals surface area contributed by atoms with Gasteiger partial charge in [0.1, 0.15) is 16.7 Å². The highest BCUT2D eigenvalue weighted by Crippen LogP contribution is 2.35. The molecule has 0 saturated heterocycles. The van der Waals surface area contributed by atoms with E-state index in [0.29, 0.717) is 22.3 Å². The molecule has 0 aliphatic heterocycles. The molecule has 6 nitrogen and oxygen atoms in total. The van der Waals surface area contributed by atoms with Crippen LogP contribution in [0.3, 0.4) is 0 Å². The van der Waals surface area contributed by atoms with Crippen molar-refractivity contribution in [3.63, 3.8) is 0 Å². The summed E-state index contributed by atoms with van der Waals surface area (Å²) in [4.78, 5) is 20.1. The smallest absolute Gasteiger partial charge is 0.360 e. The van der Waals surface area contributed by atoms with E-state index in [-0.39, 0.29) is 23.2 Å². The van der Waals surface area contributed by atoms with Crippen molar-refractivity contribution < 1.29 is 19.4 Å². The van der Waals surface area contributed by atoms with Crippen LogP contribution in [0, 0.1) is 0 Å². The summed E-state index contributed by atoms with van der Waals surface area (Å²) in [6.07, 6.45) is 4.83.